The summed E-state index contributed by atoms with van der Waals surface area (Å²) >= 11 is 6.04. The zero-order valence-electron chi connectivity index (χ0n) is 8.35. The van der Waals surface area contributed by atoms with Crippen molar-refractivity contribution in [2.45, 2.75) is 0 Å². The quantitative estimate of drug-likeness (QED) is 0.865. The van der Waals surface area contributed by atoms with Crippen molar-refractivity contribution in [1.29, 1.82) is 0 Å². The molecular formula is C12H9ClN2O. The van der Waals surface area contributed by atoms with E-state index >= 15 is 0 Å². The number of hydrogen-bond donors (Lipinski definition) is 1. The average molecular weight is 233 g/mol. The number of aromatic nitrogens is 1. The summed E-state index contributed by atoms with van der Waals surface area (Å²) in [6.07, 6.45) is 3.21. The number of primary amides is 1. The molecule has 16 heavy (non-hydrogen) atoms. The fraction of sp³-hybridized carbons (Fsp3) is 0. The average Bonchev–Trinajstić information content (AvgIpc) is 2.29. The molecule has 2 rings (SSSR count). The molecule has 1 amide bonds. The highest BCUT2D eigenvalue weighted by atomic mass is 35.5. The van der Waals surface area contributed by atoms with Crippen LogP contribution < -0.4 is 5.73 Å². The van der Waals surface area contributed by atoms with Gasteiger partial charge in [0.2, 0.25) is 5.91 Å². The maximum Gasteiger partial charge on any atom is 0.249 e. The third-order valence-corrected chi connectivity index (χ3v) is 2.58. The summed E-state index contributed by atoms with van der Waals surface area (Å²) in [6, 6.07) is 8.72. The smallest absolute Gasteiger partial charge is 0.249 e. The number of rotatable bonds is 2. The van der Waals surface area contributed by atoms with E-state index in [1.165, 1.54) is 0 Å². The zero-order chi connectivity index (χ0) is 11.5. The lowest BCUT2D eigenvalue weighted by Gasteiger charge is -2.07. The van der Waals surface area contributed by atoms with Crippen molar-refractivity contribution in [2.75, 3.05) is 0 Å². The van der Waals surface area contributed by atoms with Gasteiger partial charge < -0.3 is 5.73 Å². The first-order valence-electron chi connectivity index (χ1n) is 4.69. The van der Waals surface area contributed by atoms with Gasteiger partial charge in [0.25, 0.3) is 0 Å². The van der Waals surface area contributed by atoms with E-state index < -0.39 is 5.91 Å². The molecule has 3 nitrogen and oxygen atoms in total. The normalized spacial score (nSPS) is 10.1. The molecule has 0 aliphatic rings. The molecule has 0 atom stereocenters. The van der Waals surface area contributed by atoms with Gasteiger partial charge in [0.1, 0.15) is 0 Å². The summed E-state index contributed by atoms with van der Waals surface area (Å²) in [7, 11) is 0. The monoisotopic (exact) mass is 232 g/mol. The first kappa shape index (κ1) is 10.6. The number of carbonyl (C=O) groups is 1. The molecule has 1 heterocycles. The van der Waals surface area contributed by atoms with Crippen LogP contribution in [0.2, 0.25) is 5.02 Å². The first-order chi connectivity index (χ1) is 7.70. The lowest BCUT2D eigenvalue weighted by Crippen LogP contribution is -2.12. The van der Waals surface area contributed by atoms with Gasteiger partial charge in [0.05, 0.1) is 5.02 Å². The summed E-state index contributed by atoms with van der Waals surface area (Å²) in [6.45, 7) is 0. The van der Waals surface area contributed by atoms with Gasteiger partial charge in [-0.2, -0.15) is 0 Å². The molecule has 0 unspecified atom stereocenters. The zero-order valence-corrected chi connectivity index (χ0v) is 9.11. The van der Waals surface area contributed by atoms with E-state index in [2.05, 4.69) is 4.98 Å². The molecule has 0 saturated carbocycles. The van der Waals surface area contributed by atoms with Crippen LogP contribution in [0.1, 0.15) is 10.4 Å². The number of carbonyl (C=O) groups excluding carboxylic acids is 1. The van der Waals surface area contributed by atoms with Crippen LogP contribution in [0.4, 0.5) is 0 Å². The number of benzene rings is 1. The molecular weight excluding hydrogens is 224 g/mol. The van der Waals surface area contributed by atoms with Crippen molar-refractivity contribution >= 4 is 17.5 Å². The minimum absolute atomic E-state index is 0.442. The summed E-state index contributed by atoms with van der Waals surface area (Å²) in [4.78, 5) is 15.3. The van der Waals surface area contributed by atoms with Gasteiger partial charge in [0.15, 0.2) is 0 Å². The number of hydrogen-bond acceptors (Lipinski definition) is 2. The Morgan fingerprint density at radius 3 is 2.62 bits per heavy atom. The molecule has 0 bridgehead atoms. The number of halogens is 1. The molecule has 0 radical (unpaired) electrons. The maximum atomic E-state index is 11.3. The van der Waals surface area contributed by atoms with Crippen LogP contribution >= 0.6 is 11.6 Å². The van der Waals surface area contributed by atoms with Gasteiger partial charge >= 0.3 is 0 Å². The van der Waals surface area contributed by atoms with Crippen LogP contribution in [0.3, 0.4) is 0 Å². The van der Waals surface area contributed by atoms with Crippen molar-refractivity contribution in [3.05, 3.63) is 53.3 Å². The van der Waals surface area contributed by atoms with Gasteiger partial charge in [0, 0.05) is 23.5 Å². The standard InChI is InChI=1S/C12H9ClN2O/c13-11-5-6-15-7-10(11)8-3-1-2-4-9(8)12(14)16/h1-7H,(H2,14,16). The van der Waals surface area contributed by atoms with Gasteiger partial charge in [-0.05, 0) is 17.7 Å². The molecule has 2 N–H and O–H groups in total. The first-order valence-corrected chi connectivity index (χ1v) is 5.06. The minimum Gasteiger partial charge on any atom is -0.366 e. The molecule has 4 heteroatoms. The van der Waals surface area contributed by atoms with E-state index in [0.29, 0.717) is 21.7 Å². The summed E-state index contributed by atoms with van der Waals surface area (Å²) in [5.41, 5.74) is 7.15. The van der Waals surface area contributed by atoms with Crippen LogP contribution in [0, 0.1) is 0 Å². The largest absolute Gasteiger partial charge is 0.366 e. The van der Waals surface area contributed by atoms with E-state index in [-0.39, 0.29) is 0 Å². The Hall–Kier alpha value is -1.87. The van der Waals surface area contributed by atoms with Gasteiger partial charge in [-0.3, -0.25) is 9.78 Å². The van der Waals surface area contributed by atoms with E-state index in [9.17, 15) is 4.79 Å². The van der Waals surface area contributed by atoms with Crippen molar-refractivity contribution in [3.8, 4) is 11.1 Å². The number of amides is 1. The molecule has 0 spiro atoms. The van der Waals surface area contributed by atoms with E-state index in [1.807, 2.05) is 6.07 Å². The Kier molecular flexibility index (Phi) is 2.88. The van der Waals surface area contributed by atoms with Gasteiger partial charge in [-0.1, -0.05) is 29.8 Å². The molecule has 2 aromatic rings. The predicted octanol–water partition coefficient (Wildman–Crippen LogP) is 2.50. The van der Waals surface area contributed by atoms with Crippen LogP contribution in [-0.4, -0.2) is 10.9 Å². The number of nitrogens with two attached hydrogens (primary N) is 1. The summed E-state index contributed by atoms with van der Waals surface area (Å²) < 4.78 is 0. The topological polar surface area (TPSA) is 56.0 Å². The lowest BCUT2D eigenvalue weighted by molar-refractivity contribution is 0.100. The molecule has 0 aliphatic heterocycles. The van der Waals surface area contributed by atoms with Crippen molar-refractivity contribution in [1.82, 2.24) is 4.98 Å². The Morgan fingerprint density at radius 2 is 1.94 bits per heavy atom. The van der Waals surface area contributed by atoms with Crippen molar-refractivity contribution < 1.29 is 4.79 Å². The third-order valence-electron chi connectivity index (χ3n) is 2.25. The predicted molar refractivity (Wildman–Crippen MR) is 63.2 cm³/mol. The van der Waals surface area contributed by atoms with Gasteiger partial charge in [-0.15, -0.1) is 0 Å². The van der Waals surface area contributed by atoms with E-state index in [4.69, 9.17) is 17.3 Å². The van der Waals surface area contributed by atoms with Crippen LogP contribution in [-0.2, 0) is 0 Å². The highest BCUT2D eigenvalue weighted by Crippen LogP contribution is 2.29. The van der Waals surface area contributed by atoms with Crippen molar-refractivity contribution in [2.24, 2.45) is 5.73 Å². The number of pyridine rings is 1. The second-order valence-corrected chi connectivity index (χ2v) is 3.67. The van der Waals surface area contributed by atoms with Crippen LogP contribution in [0.15, 0.2) is 42.7 Å². The Balaban J connectivity index is 2.65. The summed E-state index contributed by atoms with van der Waals surface area (Å²) in [5.74, 6) is -0.476. The SMILES string of the molecule is NC(=O)c1ccccc1-c1cnccc1Cl. The van der Waals surface area contributed by atoms with Crippen LogP contribution in [0.5, 0.6) is 0 Å². The van der Waals surface area contributed by atoms with Crippen molar-refractivity contribution in [3.63, 3.8) is 0 Å². The third kappa shape index (κ3) is 1.90. The highest BCUT2D eigenvalue weighted by Gasteiger charge is 2.11. The summed E-state index contributed by atoms with van der Waals surface area (Å²) in [5, 5.41) is 0.545. The van der Waals surface area contributed by atoms with E-state index in [0.717, 1.165) is 0 Å². The molecule has 1 aromatic heterocycles. The molecule has 0 aliphatic carbocycles. The van der Waals surface area contributed by atoms with E-state index in [1.54, 1.807) is 36.7 Å². The number of nitrogens with zero attached hydrogens (tertiary/aromatic N) is 1. The minimum atomic E-state index is -0.476. The second-order valence-electron chi connectivity index (χ2n) is 3.27. The Morgan fingerprint density at radius 1 is 1.19 bits per heavy atom. The molecule has 0 fully saturated rings. The molecule has 0 saturated heterocycles. The van der Waals surface area contributed by atoms with Gasteiger partial charge in [-0.25, -0.2) is 0 Å². The highest BCUT2D eigenvalue weighted by molar-refractivity contribution is 6.33. The Bertz CT molecular complexity index is 540. The fourth-order valence-electron chi connectivity index (χ4n) is 1.51. The Labute approximate surface area is 97.9 Å². The fourth-order valence-corrected chi connectivity index (χ4v) is 1.72. The van der Waals surface area contributed by atoms with Crippen LogP contribution in [0.25, 0.3) is 11.1 Å². The lowest BCUT2D eigenvalue weighted by atomic mass is 10.0. The molecule has 1 aromatic carbocycles. The maximum absolute atomic E-state index is 11.3. The molecule has 80 valence electrons. The second kappa shape index (κ2) is 4.33.